The Morgan fingerprint density at radius 3 is 1.96 bits per heavy atom. The molecule has 1 aromatic rings. The van der Waals surface area contributed by atoms with Crippen LogP contribution in [-0.2, 0) is 0 Å². The lowest BCUT2D eigenvalue weighted by Crippen LogP contribution is -2.25. The largest absolute Gasteiger partial charge is 0.294 e. The van der Waals surface area contributed by atoms with E-state index in [1.165, 1.54) is 38.7 Å². The number of carbonyl (C=O) groups excluding carboxylic acids is 1. The first-order valence-corrected chi connectivity index (χ1v) is 9.46. The number of ketones is 1. The van der Waals surface area contributed by atoms with Crippen LogP contribution in [0.15, 0.2) is 12.1 Å². The standard InChI is InChI=1S/C21H28F2O/c1-13-3-5-15(6-4-13)16-7-9-17(10-8-16)19-12-11-18(14(2)24)20(22)21(19)23/h11-13,15-17H,3-10H2,1-2H3. The van der Waals surface area contributed by atoms with E-state index in [0.29, 0.717) is 5.56 Å². The van der Waals surface area contributed by atoms with Gasteiger partial charge >= 0.3 is 0 Å². The topological polar surface area (TPSA) is 17.1 Å². The summed E-state index contributed by atoms with van der Waals surface area (Å²) in [6.07, 6.45) is 9.49. The molecule has 0 saturated heterocycles. The number of hydrogen-bond donors (Lipinski definition) is 0. The fourth-order valence-electron chi connectivity index (χ4n) is 4.81. The lowest BCUT2D eigenvalue weighted by Gasteiger charge is -2.37. The highest BCUT2D eigenvalue weighted by Gasteiger charge is 2.32. The number of rotatable bonds is 3. The van der Waals surface area contributed by atoms with Gasteiger partial charge in [-0.05, 0) is 80.8 Å². The number of Topliss-reactive ketones (excluding diaryl/α,β-unsaturated/α-hetero) is 1. The molecule has 0 radical (unpaired) electrons. The lowest BCUT2D eigenvalue weighted by molar-refractivity contribution is 0.101. The molecule has 0 aliphatic heterocycles. The molecule has 2 saturated carbocycles. The van der Waals surface area contributed by atoms with Crippen molar-refractivity contribution in [1.29, 1.82) is 0 Å². The van der Waals surface area contributed by atoms with E-state index >= 15 is 0 Å². The van der Waals surface area contributed by atoms with Gasteiger partial charge in [-0.3, -0.25) is 4.79 Å². The maximum Gasteiger partial charge on any atom is 0.169 e. The molecule has 1 nitrogen and oxygen atoms in total. The summed E-state index contributed by atoms with van der Waals surface area (Å²) in [5.74, 6) is 0.366. The quantitative estimate of drug-likeness (QED) is 0.596. The van der Waals surface area contributed by atoms with Crippen molar-refractivity contribution in [2.75, 3.05) is 0 Å². The van der Waals surface area contributed by atoms with Crippen molar-refractivity contribution >= 4 is 5.78 Å². The third-order valence-electron chi connectivity index (χ3n) is 6.43. The molecule has 0 atom stereocenters. The van der Waals surface area contributed by atoms with Gasteiger partial charge in [0, 0.05) is 0 Å². The van der Waals surface area contributed by atoms with Crippen molar-refractivity contribution in [2.45, 2.75) is 71.1 Å². The fraction of sp³-hybridized carbons (Fsp3) is 0.667. The number of benzene rings is 1. The Labute approximate surface area is 143 Å². The molecule has 0 heterocycles. The molecule has 24 heavy (non-hydrogen) atoms. The predicted octanol–water partition coefficient (Wildman–Crippen LogP) is 6.27. The minimum Gasteiger partial charge on any atom is -0.294 e. The summed E-state index contributed by atoms with van der Waals surface area (Å²) in [5, 5.41) is 0. The summed E-state index contributed by atoms with van der Waals surface area (Å²) in [5.41, 5.74) is 0.328. The number of hydrogen-bond acceptors (Lipinski definition) is 1. The Bertz CT molecular complexity index is 594. The van der Waals surface area contributed by atoms with Gasteiger partial charge < -0.3 is 0 Å². The molecule has 0 aromatic heterocycles. The summed E-state index contributed by atoms with van der Waals surface area (Å²) < 4.78 is 28.5. The van der Waals surface area contributed by atoms with Crippen LogP contribution in [0.5, 0.6) is 0 Å². The summed E-state index contributed by atoms with van der Waals surface area (Å²) in [4.78, 5) is 11.3. The average Bonchev–Trinajstić information content (AvgIpc) is 2.58. The zero-order valence-electron chi connectivity index (χ0n) is 14.8. The molecule has 0 unspecified atom stereocenters. The second-order valence-electron chi connectivity index (χ2n) is 8.02. The molecule has 0 amide bonds. The van der Waals surface area contributed by atoms with Gasteiger partial charge in [0.25, 0.3) is 0 Å². The second-order valence-corrected chi connectivity index (χ2v) is 8.02. The van der Waals surface area contributed by atoms with E-state index in [0.717, 1.165) is 43.4 Å². The van der Waals surface area contributed by atoms with Crippen molar-refractivity contribution in [1.82, 2.24) is 0 Å². The first-order chi connectivity index (χ1) is 11.5. The summed E-state index contributed by atoms with van der Waals surface area (Å²) in [6.45, 7) is 3.61. The lowest BCUT2D eigenvalue weighted by atomic mass is 9.68. The van der Waals surface area contributed by atoms with Crippen molar-refractivity contribution < 1.29 is 13.6 Å². The first-order valence-electron chi connectivity index (χ1n) is 9.46. The van der Waals surface area contributed by atoms with Crippen LogP contribution >= 0.6 is 0 Å². The maximum atomic E-state index is 14.4. The normalized spacial score (nSPS) is 31.0. The van der Waals surface area contributed by atoms with Crippen LogP contribution in [0.25, 0.3) is 0 Å². The van der Waals surface area contributed by atoms with E-state index < -0.39 is 17.4 Å². The maximum absolute atomic E-state index is 14.4. The van der Waals surface area contributed by atoms with Gasteiger partial charge in [-0.2, -0.15) is 0 Å². The highest BCUT2D eigenvalue weighted by atomic mass is 19.2. The smallest absolute Gasteiger partial charge is 0.169 e. The van der Waals surface area contributed by atoms with Gasteiger partial charge in [-0.1, -0.05) is 25.8 Å². The number of carbonyl (C=O) groups is 1. The van der Waals surface area contributed by atoms with Crippen LogP contribution < -0.4 is 0 Å². The molecule has 0 bridgehead atoms. The third kappa shape index (κ3) is 3.55. The van der Waals surface area contributed by atoms with Crippen LogP contribution in [0, 0.1) is 29.4 Å². The van der Waals surface area contributed by atoms with Crippen molar-refractivity contribution in [3.63, 3.8) is 0 Å². The Hall–Kier alpha value is -1.25. The Morgan fingerprint density at radius 1 is 0.875 bits per heavy atom. The van der Waals surface area contributed by atoms with E-state index in [1.54, 1.807) is 6.07 Å². The van der Waals surface area contributed by atoms with Crippen LogP contribution in [0.1, 0.15) is 87.1 Å². The minimum absolute atomic E-state index is 0.0965. The fourth-order valence-corrected chi connectivity index (χ4v) is 4.81. The molecule has 2 fully saturated rings. The van der Waals surface area contributed by atoms with Gasteiger partial charge in [0.2, 0.25) is 0 Å². The SMILES string of the molecule is CC(=O)c1ccc(C2CCC(C3CCC(C)CC3)CC2)c(F)c1F. The van der Waals surface area contributed by atoms with E-state index in [1.807, 2.05) is 0 Å². The molecule has 3 rings (SSSR count). The first kappa shape index (κ1) is 17.6. The van der Waals surface area contributed by atoms with E-state index in [2.05, 4.69) is 6.92 Å². The van der Waals surface area contributed by atoms with Crippen molar-refractivity contribution in [3.05, 3.63) is 34.9 Å². The zero-order chi connectivity index (χ0) is 17.3. The molecule has 2 aliphatic rings. The van der Waals surface area contributed by atoms with E-state index in [4.69, 9.17) is 0 Å². The molecule has 1 aromatic carbocycles. The van der Waals surface area contributed by atoms with Gasteiger partial charge in [-0.15, -0.1) is 0 Å². The van der Waals surface area contributed by atoms with Crippen LogP contribution in [0.3, 0.4) is 0 Å². The summed E-state index contributed by atoms with van der Waals surface area (Å²) in [7, 11) is 0. The zero-order valence-corrected chi connectivity index (χ0v) is 14.8. The highest BCUT2D eigenvalue weighted by molar-refractivity contribution is 5.94. The monoisotopic (exact) mass is 334 g/mol. The van der Waals surface area contributed by atoms with Crippen LogP contribution in [0.4, 0.5) is 8.78 Å². The third-order valence-corrected chi connectivity index (χ3v) is 6.43. The predicted molar refractivity (Wildman–Crippen MR) is 92.2 cm³/mol. The van der Waals surface area contributed by atoms with Crippen molar-refractivity contribution in [3.8, 4) is 0 Å². The van der Waals surface area contributed by atoms with Crippen LogP contribution in [0.2, 0.25) is 0 Å². The van der Waals surface area contributed by atoms with E-state index in [9.17, 15) is 13.6 Å². The Balaban J connectivity index is 1.65. The minimum atomic E-state index is -0.969. The van der Waals surface area contributed by atoms with E-state index in [-0.39, 0.29) is 11.5 Å². The van der Waals surface area contributed by atoms with Gasteiger partial charge in [-0.25, -0.2) is 8.78 Å². The van der Waals surface area contributed by atoms with Crippen LogP contribution in [-0.4, -0.2) is 5.78 Å². The van der Waals surface area contributed by atoms with Crippen molar-refractivity contribution in [2.24, 2.45) is 17.8 Å². The molecule has 132 valence electrons. The highest BCUT2D eigenvalue weighted by Crippen LogP contribution is 2.44. The molecule has 3 heteroatoms. The summed E-state index contributed by atoms with van der Waals surface area (Å²) in [6, 6.07) is 3.08. The summed E-state index contributed by atoms with van der Waals surface area (Å²) >= 11 is 0. The Kier molecular flexibility index (Phi) is 5.36. The molecular formula is C21H28F2O. The van der Waals surface area contributed by atoms with Gasteiger partial charge in [0.1, 0.15) is 0 Å². The van der Waals surface area contributed by atoms with Gasteiger partial charge in [0.15, 0.2) is 17.4 Å². The molecular weight excluding hydrogens is 306 g/mol. The molecule has 0 N–H and O–H groups in total. The van der Waals surface area contributed by atoms with Gasteiger partial charge in [0.05, 0.1) is 5.56 Å². The molecule has 2 aliphatic carbocycles. The molecule has 0 spiro atoms. The Morgan fingerprint density at radius 2 is 1.42 bits per heavy atom. The number of halogens is 2. The second kappa shape index (κ2) is 7.33. The average molecular weight is 334 g/mol.